The molecule has 1 amide bonds. The zero-order valence-electron chi connectivity index (χ0n) is 24.2. The van der Waals surface area contributed by atoms with Gasteiger partial charge in [-0.3, -0.25) is 14.4 Å². The number of nitrogens with one attached hydrogen (secondary N) is 3. The maximum Gasteiger partial charge on any atom is 0.241 e. The molecule has 0 spiro atoms. The summed E-state index contributed by atoms with van der Waals surface area (Å²) in [4.78, 5) is 15.4. The zero-order valence-corrected chi connectivity index (χ0v) is 25.8. The molecule has 228 valence electrons. The summed E-state index contributed by atoms with van der Waals surface area (Å²) < 4.78 is 44.3. The van der Waals surface area contributed by atoms with Gasteiger partial charge in [-0.15, -0.1) is 12.4 Å². The van der Waals surface area contributed by atoms with Gasteiger partial charge in [0, 0.05) is 24.0 Å². The third-order valence-corrected chi connectivity index (χ3v) is 7.49. The number of rotatable bonds is 12. The lowest BCUT2D eigenvalue weighted by Gasteiger charge is -2.34. The topological polar surface area (TPSA) is 99.8 Å². The molecule has 42 heavy (non-hydrogen) atoms. The Morgan fingerprint density at radius 1 is 0.929 bits per heavy atom. The Bertz CT molecular complexity index is 1380. The highest BCUT2D eigenvalue weighted by Crippen LogP contribution is 2.25. The van der Waals surface area contributed by atoms with Crippen LogP contribution in [0.1, 0.15) is 38.7 Å². The number of halogens is 2. The fourth-order valence-corrected chi connectivity index (χ4v) is 5.45. The molecular formula is C31H40ClFN4O4S. The summed E-state index contributed by atoms with van der Waals surface area (Å²) in [7, 11) is -3.32. The molecule has 0 bridgehead atoms. The van der Waals surface area contributed by atoms with Gasteiger partial charge in [0.05, 0.1) is 12.3 Å². The van der Waals surface area contributed by atoms with Gasteiger partial charge in [0.15, 0.2) is 0 Å². The Morgan fingerprint density at radius 2 is 1.48 bits per heavy atom. The van der Waals surface area contributed by atoms with Crippen LogP contribution in [0, 0.1) is 11.7 Å². The highest BCUT2D eigenvalue weighted by Gasteiger charge is 2.26. The predicted octanol–water partition coefficient (Wildman–Crippen LogP) is 6.02. The van der Waals surface area contributed by atoms with Crippen LogP contribution in [0.2, 0.25) is 0 Å². The first-order valence-corrected chi connectivity index (χ1v) is 15.8. The first-order valence-electron chi connectivity index (χ1n) is 13.9. The number of hydrogen-bond acceptors (Lipinski definition) is 6. The molecule has 3 aromatic rings. The van der Waals surface area contributed by atoms with Gasteiger partial charge in [-0.1, -0.05) is 26.0 Å². The number of likely N-dealkylation sites (tertiary alicyclic amines) is 1. The Labute approximate surface area is 254 Å². The maximum atomic E-state index is 13.2. The molecule has 0 radical (unpaired) electrons. The van der Waals surface area contributed by atoms with E-state index in [0.29, 0.717) is 28.8 Å². The minimum absolute atomic E-state index is 0. The average molecular weight is 619 g/mol. The standard InChI is InChI=1S/C31H39FN4O4S.ClH/c1-22(2)20-30(31(37)34-25-8-6-24(32)7-9-25)33-26-16-18-36(19-17-26)21-23-4-12-28(13-5-23)40-29-14-10-27(11-15-29)35-41(3,38)39;/h4-15,22,26,30,33,35H,16-21H2,1-3H3,(H,34,37);1H. The van der Waals surface area contributed by atoms with E-state index in [1.54, 1.807) is 36.4 Å². The lowest BCUT2D eigenvalue weighted by atomic mass is 9.98. The van der Waals surface area contributed by atoms with Gasteiger partial charge in [-0.2, -0.15) is 0 Å². The van der Waals surface area contributed by atoms with Crippen LogP contribution in [0.3, 0.4) is 0 Å². The number of sulfonamides is 1. The van der Waals surface area contributed by atoms with Crippen molar-refractivity contribution in [2.75, 3.05) is 29.4 Å². The second-order valence-electron chi connectivity index (χ2n) is 11.0. The number of hydrogen-bond donors (Lipinski definition) is 3. The fraction of sp³-hybridized carbons (Fsp3) is 0.387. The largest absolute Gasteiger partial charge is 0.457 e. The van der Waals surface area contributed by atoms with Crippen molar-refractivity contribution in [1.29, 1.82) is 0 Å². The van der Waals surface area contributed by atoms with E-state index in [9.17, 15) is 17.6 Å². The first-order chi connectivity index (χ1) is 19.5. The van der Waals surface area contributed by atoms with Crippen molar-refractivity contribution in [3.63, 3.8) is 0 Å². The smallest absolute Gasteiger partial charge is 0.241 e. The van der Waals surface area contributed by atoms with E-state index in [4.69, 9.17) is 4.74 Å². The summed E-state index contributed by atoms with van der Waals surface area (Å²) in [5.41, 5.74) is 2.27. The van der Waals surface area contributed by atoms with E-state index >= 15 is 0 Å². The molecule has 4 rings (SSSR count). The number of amides is 1. The number of benzene rings is 3. The average Bonchev–Trinajstić information content (AvgIpc) is 2.92. The van der Waals surface area contributed by atoms with E-state index in [1.807, 2.05) is 12.1 Å². The molecular weight excluding hydrogens is 579 g/mol. The Morgan fingerprint density at radius 3 is 2.02 bits per heavy atom. The molecule has 0 aliphatic carbocycles. The van der Waals surface area contributed by atoms with E-state index in [0.717, 1.165) is 45.2 Å². The van der Waals surface area contributed by atoms with Gasteiger partial charge in [0.2, 0.25) is 15.9 Å². The number of ether oxygens (including phenoxy) is 1. The predicted molar refractivity (Wildman–Crippen MR) is 168 cm³/mol. The molecule has 1 heterocycles. The normalized spacial score (nSPS) is 15.1. The quantitative estimate of drug-likeness (QED) is 0.230. The molecule has 0 saturated carbocycles. The summed E-state index contributed by atoms with van der Waals surface area (Å²) in [5.74, 6) is 1.26. The fourth-order valence-electron chi connectivity index (χ4n) is 4.89. The van der Waals surface area contributed by atoms with Crippen molar-refractivity contribution in [1.82, 2.24) is 10.2 Å². The van der Waals surface area contributed by atoms with Crippen molar-refractivity contribution in [3.8, 4) is 11.5 Å². The molecule has 11 heteroatoms. The van der Waals surface area contributed by atoms with E-state index in [2.05, 4.69) is 46.2 Å². The second-order valence-corrected chi connectivity index (χ2v) is 12.8. The minimum Gasteiger partial charge on any atom is -0.457 e. The molecule has 8 nitrogen and oxygen atoms in total. The van der Waals surface area contributed by atoms with Crippen molar-refractivity contribution in [2.24, 2.45) is 5.92 Å². The second kappa shape index (κ2) is 15.3. The Balaban J connectivity index is 0.00000484. The lowest BCUT2D eigenvalue weighted by molar-refractivity contribution is -0.118. The van der Waals surface area contributed by atoms with E-state index < -0.39 is 10.0 Å². The highest BCUT2D eigenvalue weighted by molar-refractivity contribution is 7.92. The van der Waals surface area contributed by atoms with Crippen LogP contribution in [-0.2, 0) is 21.4 Å². The SMILES string of the molecule is CC(C)CC(NC1CCN(Cc2ccc(Oc3ccc(NS(C)(=O)=O)cc3)cc2)CC1)C(=O)Nc1ccc(F)cc1.Cl. The third-order valence-electron chi connectivity index (χ3n) is 6.88. The molecule has 1 fully saturated rings. The number of anilines is 2. The van der Waals surface area contributed by atoms with Gasteiger partial charge >= 0.3 is 0 Å². The minimum atomic E-state index is -3.32. The summed E-state index contributed by atoms with van der Waals surface area (Å²) >= 11 is 0. The van der Waals surface area contributed by atoms with Gasteiger partial charge in [0.25, 0.3) is 0 Å². The van der Waals surface area contributed by atoms with Gasteiger partial charge in [-0.25, -0.2) is 12.8 Å². The molecule has 0 aromatic heterocycles. The third kappa shape index (κ3) is 10.9. The number of carbonyl (C=O) groups excluding carboxylic acids is 1. The zero-order chi connectivity index (χ0) is 29.4. The summed E-state index contributed by atoms with van der Waals surface area (Å²) in [6, 6.07) is 20.5. The maximum absolute atomic E-state index is 13.2. The van der Waals surface area contributed by atoms with Crippen LogP contribution in [0.4, 0.5) is 15.8 Å². The molecule has 1 saturated heterocycles. The lowest BCUT2D eigenvalue weighted by Crippen LogP contribution is -2.50. The van der Waals surface area contributed by atoms with Gasteiger partial charge in [0.1, 0.15) is 17.3 Å². The number of nitrogens with zero attached hydrogens (tertiary/aromatic N) is 1. The van der Waals surface area contributed by atoms with E-state index in [-0.39, 0.29) is 36.2 Å². The molecule has 1 unspecified atom stereocenters. The molecule has 1 aliphatic rings. The van der Waals surface area contributed by atoms with Crippen LogP contribution in [0.5, 0.6) is 11.5 Å². The van der Waals surface area contributed by atoms with Crippen LogP contribution in [0.25, 0.3) is 0 Å². The molecule has 1 atom stereocenters. The number of piperidine rings is 1. The Kier molecular flexibility index (Phi) is 12.2. The van der Waals surface area contributed by atoms with Gasteiger partial charge < -0.3 is 15.4 Å². The van der Waals surface area contributed by atoms with Crippen LogP contribution >= 0.6 is 12.4 Å². The first kappa shape index (κ1) is 33.3. The molecule has 1 aliphatic heterocycles. The summed E-state index contributed by atoms with van der Waals surface area (Å²) in [5, 5.41) is 6.51. The van der Waals surface area contributed by atoms with Crippen molar-refractivity contribution in [2.45, 2.75) is 51.7 Å². The van der Waals surface area contributed by atoms with Gasteiger partial charge in [-0.05, 0) is 104 Å². The Hall–Kier alpha value is -3.18. The monoisotopic (exact) mass is 618 g/mol. The highest BCUT2D eigenvalue weighted by atomic mass is 35.5. The summed E-state index contributed by atoms with van der Waals surface area (Å²) in [6.07, 6.45) is 3.73. The van der Waals surface area contributed by atoms with Crippen molar-refractivity contribution >= 4 is 39.7 Å². The van der Waals surface area contributed by atoms with Crippen LogP contribution in [-0.4, -0.2) is 50.7 Å². The summed E-state index contributed by atoms with van der Waals surface area (Å²) in [6.45, 7) is 6.90. The molecule has 3 aromatic carbocycles. The van der Waals surface area contributed by atoms with Crippen LogP contribution < -0.4 is 20.1 Å². The number of carbonyl (C=O) groups is 1. The van der Waals surface area contributed by atoms with Crippen molar-refractivity contribution in [3.05, 3.63) is 84.2 Å². The van der Waals surface area contributed by atoms with Crippen molar-refractivity contribution < 1.29 is 22.3 Å². The molecule has 3 N–H and O–H groups in total. The van der Waals surface area contributed by atoms with E-state index in [1.165, 1.54) is 17.7 Å². The van der Waals surface area contributed by atoms with Crippen LogP contribution in [0.15, 0.2) is 72.8 Å².